The van der Waals surface area contributed by atoms with Gasteiger partial charge < -0.3 is 27.5 Å². The third kappa shape index (κ3) is 14.4. The van der Waals surface area contributed by atoms with E-state index in [0.29, 0.717) is 33.0 Å². The summed E-state index contributed by atoms with van der Waals surface area (Å²) >= 11 is 0. The van der Waals surface area contributed by atoms with Gasteiger partial charge in [-0.2, -0.15) is 0 Å². The van der Waals surface area contributed by atoms with Crippen molar-refractivity contribution in [1.82, 2.24) is 0 Å². The van der Waals surface area contributed by atoms with Gasteiger partial charge in [0.1, 0.15) is 0 Å². The second-order valence-electron chi connectivity index (χ2n) is 10.8. The molecule has 44 heavy (non-hydrogen) atoms. The van der Waals surface area contributed by atoms with Crippen LogP contribution in [0.4, 0.5) is 0 Å². The predicted molar refractivity (Wildman–Crippen MR) is 181 cm³/mol. The van der Waals surface area contributed by atoms with Crippen molar-refractivity contribution in [3.63, 3.8) is 0 Å². The molecule has 2 rings (SSSR count). The number of hydrogen-bond acceptors (Lipinski definition) is 7. The van der Waals surface area contributed by atoms with Crippen molar-refractivity contribution in [3.8, 4) is 22.6 Å². The Morgan fingerprint density at radius 3 is 1.91 bits per heavy atom. The Morgan fingerprint density at radius 2 is 1.27 bits per heavy atom. The molecule has 0 N–H and O–H groups in total. The van der Waals surface area contributed by atoms with Gasteiger partial charge in [-0.25, -0.2) is 4.79 Å². The molecule has 0 aliphatic rings. The van der Waals surface area contributed by atoms with E-state index in [1.165, 1.54) is 38.2 Å². The van der Waals surface area contributed by atoms with Crippen molar-refractivity contribution in [2.75, 3.05) is 40.1 Å². The zero-order valence-electron chi connectivity index (χ0n) is 27.9. The average Bonchev–Trinajstić information content (AvgIpc) is 3.03. The number of carbonyl (C=O) groups is 1. The molecule has 8 heteroatoms. The molecule has 0 fully saturated rings. The van der Waals surface area contributed by atoms with Gasteiger partial charge in [0.25, 0.3) is 0 Å². The van der Waals surface area contributed by atoms with Crippen LogP contribution >= 0.6 is 0 Å². The number of carbonyl (C=O) groups excluding carboxylic acids is 1. The molecule has 0 spiro atoms. The van der Waals surface area contributed by atoms with Crippen LogP contribution in [0.5, 0.6) is 11.5 Å². The van der Waals surface area contributed by atoms with Crippen molar-refractivity contribution >= 4 is 20.8 Å². The zero-order chi connectivity index (χ0) is 31.9. The SMILES string of the molecule is CCCCCCCCOc1ccc(-c2ccc(/C=C/C(=O)OCCCCCC[Si](OCC)(OCC)OCC)cc2)cc1OC. The van der Waals surface area contributed by atoms with Gasteiger partial charge in [-0.15, -0.1) is 0 Å². The summed E-state index contributed by atoms with van der Waals surface area (Å²) in [6.45, 7) is 11.1. The lowest BCUT2D eigenvalue weighted by Gasteiger charge is -2.28. The van der Waals surface area contributed by atoms with Crippen LogP contribution in [0, 0.1) is 0 Å². The molecule has 0 saturated carbocycles. The van der Waals surface area contributed by atoms with E-state index in [4.69, 9.17) is 27.5 Å². The van der Waals surface area contributed by atoms with Crippen molar-refractivity contribution in [1.29, 1.82) is 0 Å². The van der Waals surface area contributed by atoms with Crippen LogP contribution in [-0.4, -0.2) is 54.9 Å². The molecule has 0 aliphatic heterocycles. The molecule has 2 aromatic carbocycles. The summed E-state index contributed by atoms with van der Waals surface area (Å²) in [5, 5.41) is 0. The Kier molecular flexibility index (Phi) is 19.4. The fraction of sp³-hybridized carbons (Fsp3) is 0.583. The van der Waals surface area contributed by atoms with E-state index < -0.39 is 8.80 Å². The molecule has 0 heterocycles. The summed E-state index contributed by atoms with van der Waals surface area (Å²) in [5.41, 5.74) is 3.04. The first kappa shape index (κ1) is 37.5. The lowest BCUT2D eigenvalue weighted by molar-refractivity contribution is -0.137. The minimum atomic E-state index is -2.57. The van der Waals surface area contributed by atoms with Crippen LogP contribution in [0.15, 0.2) is 48.5 Å². The Bertz CT molecular complexity index is 1050. The lowest BCUT2D eigenvalue weighted by atomic mass is 10.0. The molecule has 246 valence electrons. The minimum absolute atomic E-state index is 0.328. The summed E-state index contributed by atoms with van der Waals surface area (Å²) in [6, 6.07) is 14.9. The fourth-order valence-electron chi connectivity index (χ4n) is 5.00. The second kappa shape index (κ2) is 22.8. The topological polar surface area (TPSA) is 72.5 Å². The molecule has 0 amide bonds. The highest BCUT2D eigenvalue weighted by Gasteiger charge is 2.39. The highest BCUT2D eigenvalue weighted by Crippen LogP contribution is 2.33. The van der Waals surface area contributed by atoms with Crippen molar-refractivity contribution in [2.45, 2.75) is 97.9 Å². The Labute approximate surface area is 267 Å². The highest BCUT2D eigenvalue weighted by atomic mass is 28.4. The van der Waals surface area contributed by atoms with Gasteiger partial charge in [-0.3, -0.25) is 0 Å². The molecule has 0 aliphatic carbocycles. The molecular formula is C36H56O7Si. The Balaban J connectivity index is 1.73. The standard InChI is InChI=1S/C36H56O7Si/c1-6-10-11-12-13-16-27-39-34-25-24-33(30-35(34)38-5)32-22-19-31(20-23-32)21-26-36(37)40-28-17-14-15-18-29-44(41-7-2,42-8-3)43-9-4/h19-26,30H,6-18,27-29H2,1-5H3/b26-21+. The van der Waals surface area contributed by atoms with Crippen LogP contribution in [0.1, 0.15) is 97.5 Å². The zero-order valence-corrected chi connectivity index (χ0v) is 28.9. The van der Waals surface area contributed by atoms with Gasteiger partial charge in [0.05, 0.1) is 20.3 Å². The maximum Gasteiger partial charge on any atom is 0.500 e. The fourth-order valence-corrected chi connectivity index (χ4v) is 7.69. The largest absolute Gasteiger partial charge is 0.500 e. The molecule has 0 radical (unpaired) electrons. The molecule has 0 bridgehead atoms. The average molecular weight is 629 g/mol. The minimum Gasteiger partial charge on any atom is -0.493 e. The van der Waals surface area contributed by atoms with E-state index in [2.05, 4.69) is 13.0 Å². The molecule has 2 aromatic rings. The van der Waals surface area contributed by atoms with E-state index in [-0.39, 0.29) is 5.97 Å². The van der Waals surface area contributed by atoms with Gasteiger partial charge in [0.2, 0.25) is 0 Å². The molecule has 0 atom stereocenters. The molecular weight excluding hydrogens is 572 g/mol. The quantitative estimate of drug-likeness (QED) is 0.0470. The number of unbranched alkanes of at least 4 members (excludes halogenated alkanes) is 8. The molecule has 0 saturated heterocycles. The van der Waals surface area contributed by atoms with Crippen molar-refractivity contribution in [3.05, 3.63) is 54.1 Å². The van der Waals surface area contributed by atoms with Crippen LogP contribution in [-0.2, 0) is 22.8 Å². The number of esters is 1. The number of benzene rings is 2. The van der Waals surface area contributed by atoms with E-state index in [1.54, 1.807) is 13.2 Å². The first-order valence-corrected chi connectivity index (χ1v) is 18.6. The molecule has 0 aromatic heterocycles. The number of methoxy groups -OCH3 is 1. The predicted octanol–water partition coefficient (Wildman–Crippen LogP) is 9.27. The first-order valence-electron chi connectivity index (χ1n) is 16.7. The lowest BCUT2D eigenvalue weighted by Crippen LogP contribution is -2.45. The normalized spacial score (nSPS) is 11.7. The third-order valence-electron chi connectivity index (χ3n) is 7.29. The summed E-state index contributed by atoms with van der Waals surface area (Å²) in [5.74, 6) is 1.18. The Hall–Kier alpha value is -2.65. The molecule has 0 unspecified atom stereocenters. The summed E-state index contributed by atoms with van der Waals surface area (Å²) in [6.07, 6.45) is 14.5. The van der Waals surface area contributed by atoms with E-state index in [1.807, 2.05) is 57.2 Å². The van der Waals surface area contributed by atoms with Crippen LogP contribution in [0.3, 0.4) is 0 Å². The Morgan fingerprint density at radius 1 is 0.682 bits per heavy atom. The first-order chi connectivity index (χ1) is 21.5. The molecule has 7 nitrogen and oxygen atoms in total. The highest BCUT2D eigenvalue weighted by molar-refractivity contribution is 6.60. The third-order valence-corrected chi connectivity index (χ3v) is 10.4. The van der Waals surface area contributed by atoms with Gasteiger partial charge in [0.15, 0.2) is 11.5 Å². The van der Waals surface area contributed by atoms with Crippen LogP contribution < -0.4 is 9.47 Å². The van der Waals surface area contributed by atoms with Crippen molar-refractivity contribution < 1.29 is 32.3 Å². The summed E-state index contributed by atoms with van der Waals surface area (Å²) in [4.78, 5) is 12.2. The monoisotopic (exact) mass is 628 g/mol. The van der Waals surface area contributed by atoms with E-state index in [0.717, 1.165) is 66.3 Å². The summed E-state index contributed by atoms with van der Waals surface area (Å²) in [7, 11) is -0.899. The van der Waals surface area contributed by atoms with Crippen LogP contribution in [0.25, 0.3) is 17.2 Å². The van der Waals surface area contributed by atoms with Gasteiger partial charge in [-0.05, 0) is 74.9 Å². The van der Waals surface area contributed by atoms with Crippen LogP contribution in [0.2, 0.25) is 6.04 Å². The maximum atomic E-state index is 12.2. The van der Waals surface area contributed by atoms with E-state index >= 15 is 0 Å². The smallest absolute Gasteiger partial charge is 0.493 e. The van der Waals surface area contributed by atoms with E-state index in [9.17, 15) is 4.79 Å². The van der Waals surface area contributed by atoms with Gasteiger partial charge in [-0.1, -0.05) is 82.2 Å². The maximum absolute atomic E-state index is 12.2. The second-order valence-corrected chi connectivity index (χ2v) is 13.5. The van der Waals surface area contributed by atoms with Gasteiger partial charge >= 0.3 is 14.8 Å². The number of ether oxygens (including phenoxy) is 3. The number of hydrogen-bond donors (Lipinski definition) is 0. The summed E-state index contributed by atoms with van der Waals surface area (Å²) < 4.78 is 34.7. The van der Waals surface area contributed by atoms with Gasteiger partial charge in [0, 0.05) is 31.9 Å². The number of rotatable bonds is 25. The van der Waals surface area contributed by atoms with Crippen molar-refractivity contribution in [2.24, 2.45) is 0 Å².